The first-order valence-electron chi connectivity index (χ1n) is 9.20. The summed E-state index contributed by atoms with van der Waals surface area (Å²) in [6, 6.07) is 0.365. The van der Waals surface area contributed by atoms with E-state index in [9.17, 15) is 9.59 Å². The smallest absolute Gasteiger partial charge is 0.228 e. The number of likely N-dealkylation sites (tertiary alicyclic amines) is 2. The summed E-state index contributed by atoms with van der Waals surface area (Å²) in [7, 11) is 0. The Labute approximate surface area is 139 Å². The maximum absolute atomic E-state index is 12.8. The van der Waals surface area contributed by atoms with Gasteiger partial charge in [-0.05, 0) is 50.0 Å². The van der Waals surface area contributed by atoms with Crippen molar-refractivity contribution in [2.75, 3.05) is 26.2 Å². The molecule has 0 aromatic carbocycles. The van der Waals surface area contributed by atoms with Crippen LogP contribution in [0.5, 0.6) is 0 Å². The number of hydrogen-bond acceptors (Lipinski definition) is 3. The topological polar surface area (TPSA) is 66.6 Å². The molecule has 23 heavy (non-hydrogen) atoms. The highest BCUT2D eigenvalue weighted by Crippen LogP contribution is 2.34. The van der Waals surface area contributed by atoms with E-state index in [0.29, 0.717) is 25.6 Å². The standard InChI is InChI=1S/C18H31N3O2/c1-13-3-5-15(6-4-13)21-10-14(9-16(21)22)17(23)20-8-7-18(2,11-19)12-20/h13-15H,3-12,19H2,1-2H3. The molecule has 1 saturated carbocycles. The zero-order valence-corrected chi connectivity index (χ0v) is 14.6. The average molecular weight is 321 g/mol. The first-order valence-corrected chi connectivity index (χ1v) is 9.20. The average Bonchev–Trinajstić information content (AvgIpc) is 3.12. The van der Waals surface area contributed by atoms with Crippen LogP contribution in [0.25, 0.3) is 0 Å². The van der Waals surface area contributed by atoms with Crippen molar-refractivity contribution >= 4 is 11.8 Å². The summed E-state index contributed by atoms with van der Waals surface area (Å²) in [4.78, 5) is 29.1. The first kappa shape index (κ1) is 16.7. The Balaban J connectivity index is 1.58. The molecule has 2 unspecified atom stereocenters. The first-order chi connectivity index (χ1) is 10.9. The summed E-state index contributed by atoms with van der Waals surface area (Å²) in [5.41, 5.74) is 5.89. The molecular formula is C18H31N3O2. The minimum absolute atomic E-state index is 0.0530. The Morgan fingerprint density at radius 3 is 2.61 bits per heavy atom. The molecule has 0 aromatic rings. The van der Waals surface area contributed by atoms with E-state index in [4.69, 9.17) is 5.73 Å². The van der Waals surface area contributed by atoms with Crippen LogP contribution >= 0.6 is 0 Å². The highest BCUT2D eigenvalue weighted by atomic mass is 16.2. The van der Waals surface area contributed by atoms with Crippen molar-refractivity contribution in [3.05, 3.63) is 0 Å². The van der Waals surface area contributed by atoms with E-state index in [-0.39, 0.29) is 23.1 Å². The predicted molar refractivity (Wildman–Crippen MR) is 89.6 cm³/mol. The number of nitrogens with two attached hydrogens (primary N) is 1. The van der Waals surface area contributed by atoms with E-state index in [1.54, 1.807) is 0 Å². The normalized spacial score (nSPS) is 38.4. The summed E-state index contributed by atoms with van der Waals surface area (Å²) in [6.45, 7) is 7.22. The zero-order valence-electron chi connectivity index (χ0n) is 14.6. The molecule has 3 aliphatic rings. The summed E-state index contributed by atoms with van der Waals surface area (Å²) >= 11 is 0. The second-order valence-electron chi connectivity index (χ2n) is 8.39. The van der Waals surface area contributed by atoms with E-state index < -0.39 is 0 Å². The van der Waals surface area contributed by atoms with Crippen LogP contribution in [-0.4, -0.2) is 53.8 Å². The third-order valence-electron chi connectivity index (χ3n) is 6.30. The second-order valence-corrected chi connectivity index (χ2v) is 8.39. The molecule has 0 spiro atoms. The summed E-state index contributed by atoms with van der Waals surface area (Å²) in [6.07, 6.45) is 5.98. The van der Waals surface area contributed by atoms with Crippen molar-refractivity contribution < 1.29 is 9.59 Å². The van der Waals surface area contributed by atoms with E-state index in [1.165, 1.54) is 12.8 Å². The fraction of sp³-hybridized carbons (Fsp3) is 0.889. The SMILES string of the molecule is CC1CCC(N2CC(C(=O)N3CCC(C)(CN)C3)CC2=O)CC1. The number of nitrogens with zero attached hydrogens (tertiary/aromatic N) is 2. The van der Waals surface area contributed by atoms with Gasteiger partial charge in [0.1, 0.15) is 0 Å². The van der Waals surface area contributed by atoms with Crippen LogP contribution in [0.4, 0.5) is 0 Å². The van der Waals surface area contributed by atoms with Crippen molar-refractivity contribution in [3.63, 3.8) is 0 Å². The number of carbonyl (C=O) groups is 2. The number of hydrogen-bond donors (Lipinski definition) is 1. The lowest BCUT2D eigenvalue weighted by molar-refractivity contribution is -0.135. The molecule has 3 fully saturated rings. The van der Waals surface area contributed by atoms with Crippen LogP contribution in [0.2, 0.25) is 0 Å². The van der Waals surface area contributed by atoms with Gasteiger partial charge in [0.05, 0.1) is 5.92 Å². The van der Waals surface area contributed by atoms with Crippen LogP contribution in [0.1, 0.15) is 52.4 Å². The molecule has 0 bridgehead atoms. The van der Waals surface area contributed by atoms with Crippen LogP contribution in [0, 0.1) is 17.3 Å². The molecule has 0 aromatic heterocycles. The molecule has 2 aliphatic heterocycles. The van der Waals surface area contributed by atoms with Gasteiger partial charge in [-0.15, -0.1) is 0 Å². The van der Waals surface area contributed by atoms with Crippen LogP contribution in [0.15, 0.2) is 0 Å². The van der Waals surface area contributed by atoms with Crippen LogP contribution in [-0.2, 0) is 9.59 Å². The quantitative estimate of drug-likeness (QED) is 0.859. The van der Waals surface area contributed by atoms with Crippen molar-refractivity contribution in [2.24, 2.45) is 23.0 Å². The Hall–Kier alpha value is -1.10. The van der Waals surface area contributed by atoms with Gasteiger partial charge in [0.25, 0.3) is 0 Å². The third-order valence-corrected chi connectivity index (χ3v) is 6.30. The van der Waals surface area contributed by atoms with Gasteiger partial charge in [0, 0.05) is 32.1 Å². The van der Waals surface area contributed by atoms with Crippen molar-refractivity contribution in [1.82, 2.24) is 9.80 Å². The minimum Gasteiger partial charge on any atom is -0.342 e. The zero-order chi connectivity index (χ0) is 16.6. The summed E-state index contributed by atoms with van der Waals surface area (Å²) in [5.74, 6) is 0.993. The van der Waals surface area contributed by atoms with E-state index >= 15 is 0 Å². The fourth-order valence-electron chi connectivity index (χ4n) is 4.44. The van der Waals surface area contributed by atoms with Gasteiger partial charge in [-0.2, -0.15) is 0 Å². The van der Waals surface area contributed by atoms with Gasteiger partial charge < -0.3 is 15.5 Å². The Kier molecular flexibility index (Phi) is 4.68. The molecule has 2 atom stereocenters. The van der Waals surface area contributed by atoms with Gasteiger partial charge in [-0.25, -0.2) is 0 Å². The van der Waals surface area contributed by atoms with Gasteiger partial charge in [0.15, 0.2) is 0 Å². The molecule has 2 heterocycles. The predicted octanol–water partition coefficient (Wildman–Crippen LogP) is 1.61. The Bertz CT molecular complexity index is 473. The van der Waals surface area contributed by atoms with Gasteiger partial charge in [0.2, 0.25) is 11.8 Å². The third kappa shape index (κ3) is 3.39. The highest BCUT2D eigenvalue weighted by Gasteiger charge is 2.43. The number of carbonyl (C=O) groups excluding carboxylic acids is 2. The van der Waals surface area contributed by atoms with E-state index in [1.807, 2.05) is 9.80 Å². The molecule has 1 aliphatic carbocycles. The van der Waals surface area contributed by atoms with E-state index in [0.717, 1.165) is 38.3 Å². The lowest BCUT2D eigenvalue weighted by Crippen LogP contribution is -2.41. The monoisotopic (exact) mass is 321 g/mol. The lowest BCUT2D eigenvalue weighted by Gasteiger charge is -2.33. The maximum Gasteiger partial charge on any atom is 0.228 e. The molecule has 2 amide bonds. The summed E-state index contributed by atoms with van der Waals surface area (Å²) in [5, 5.41) is 0. The fourth-order valence-corrected chi connectivity index (χ4v) is 4.44. The molecular weight excluding hydrogens is 290 g/mol. The van der Waals surface area contributed by atoms with Gasteiger partial charge in [-0.3, -0.25) is 9.59 Å². The molecule has 2 N–H and O–H groups in total. The van der Waals surface area contributed by atoms with Crippen molar-refractivity contribution in [3.8, 4) is 0 Å². The molecule has 130 valence electrons. The molecule has 3 rings (SSSR count). The second kappa shape index (κ2) is 6.42. The van der Waals surface area contributed by atoms with Crippen molar-refractivity contribution in [1.29, 1.82) is 0 Å². The largest absolute Gasteiger partial charge is 0.342 e. The minimum atomic E-state index is -0.137. The number of rotatable bonds is 3. The number of amides is 2. The Morgan fingerprint density at radius 2 is 2.00 bits per heavy atom. The van der Waals surface area contributed by atoms with E-state index in [2.05, 4.69) is 13.8 Å². The van der Waals surface area contributed by atoms with Gasteiger partial charge >= 0.3 is 0 Å². The lowest BCUT2D eigenvalue weighted by atomic mass is 9.86. The molecule has 0 radical (unpaired) electrons. The van der Waals surface area contributed by atoms with Crippen LogP contribution < -0.4 is 5.73 Å². The maximum atomic E-state index is 12.8. The highest BCUT2D eigenvalue weighted by molar-refractivity contribution is 5.89. The Morgan fingerprint density at radius 1 is 1.30 bits per heavy atom. The van der Waals surface area contributed by atoms with Crippen LogP contribution in [0.3, 0.4) is 0 Å². The molecule has 2 saturated heterocycles. The molecule has 5 nitrogen and oxygen atoms in total. The van der Waals surface area contributed by atoms with Crippen molar-refractivity contribution in [2.45, 2.75) is 58.4 Å². The van der Waals surface area contributed by atoms with Gasteiger partial charge in [-0.1, -0.05) is 13.8 Å². The molecule has 5 heteroatoms. The summed E-state index contributed by atoms with van der Waals surface area (Å²) < 4.78 is 0.